The Hall–Kier alpha value is -2.64. The van der Waals surface area contributed by atoms with Crippen molar-refractivity contribution in [1.29, 1.82) is 0 Å². The van der Waals surface area contributed by atoms with Crippen molar-refractivity contribution in [1.82, 2.24) is 20.1 Å². The Morgan fingerprint density at radius 3 is 2.96 bits per heavy atom. The van der Waals surface area contributed by atoms with Gasteiger partial charge in [0.2, 0.25) is 0 Å². The highest BCUT2D eigenvalue weighted by Crippen LogP contribution is 2.34. The van der Waals surface area contributed by atoms with Gasteiger partial charge in [-0.15, -0.1) is 0 Å². The van der Waals surface area contributed by atoms with Crippen LogP contribution < -0.4 is 11.1 Å². The predicted octanol–water partition coefficient (Wildman–Crippen LogP) is 2.69. The molecular formula is C21H26N6O. The fraction of sp³-hybridized carbons (Fsp3) is 0.429. The molecule has 0 aliphatic carbocycles. The summed E-state index contributed by atoms with van der Waals surface area (Å²) in [5.41, 5.74) is 10.7. The topological polar surface area (TPSA) is 92.1 Å². The summed E-state index contributed by atoms with van der Waals surface area (Å²) in [6, 6.07) is 10.6. The molecule has 0 saturated carbocycles. The summed E-state index contributed by atoms with van der Waals surface area (Å²) in [5.74, 6) is 1.53. The van der Waals surface area contributed by atoms with Crippen LogP contribution in [0.5, 0.6) is 0 Å². The first-order chi connectivity index (χ1) is 13.8. The third-order valence-electron chi connectivity index (χ3n) is 5.77. The average molecular weight is 378 g/mol. The summed E-state index contributed by atoms with van der Waals surface area (Å²) < 4.78 is 5.77. The Labute approximate surface area is 164 Å². The zero-order valence-electron chi connectivity index (χ0n) is 15.9. The van der Waals surface area contributed by atoms with Gasteiger partial charge >= 0.3 is 0 Å². The van der Waals surface area contributed by atoms with E-state index in [-0.39, 0.29) is 6.10 Å². The maximum absolute atomic E-state index is 6.17. The molecule has 0 bridgehead atoms. The zero-order valence-corrected chi connectivity index (χ0v) is 15.9. The van der Waals surface area contributed by atoms with Gasteiger partial charge in [0.25, 0.3) is 0 Å². The molecule has 5 rings (SSSR count). The van der Waals surface area contributed by atoms with E-state index in [0.717, 1.165) is 63.3 Å². The van der Waals surface area contributed by atoms with Crippen molar-refractivity contribution in [3.05, 3.63) is 47.0 Å². The number of nitrogens with two attached hydrogens (primary N) is 1. The van der Waals surface area contributed by atoms with Gasteiger partial charge in [0, 0.05) is 38.3 Å². The van der Waals surface area contributed by atoms with Gasteiger partial charge in [-0.1, -0.05) is 30.3 Å². The molecule has 2 aromatic heterocycles. The van der Waals surface area contributed by atoms with Crippen LogP contribution in [0.25, 0.3) is 11.0 Å². The lowest BCUT2D eigenvalue weighted by Crippen LogP contribution is -2.31. The zero-order chi connectivity index (χ0) is 18.9. The Balaban J connectivity index is 1.45. The molecule has 0 spiro atoms. The van der Waals surface area contributed by atoms with E-state index in [0.29, 0.717) is 11.5 Å². The molecule has 7 heteroatoms. The molecule has 4 heterocycles. The van der Waals surface area contributed by atoms with E-state index in [1.807, 2.05) is 0 Å². The van der Waals surface area contributed by atoms with Gasteiger partial charge in [-0.05, 0) is 30.4 Å². The molecule has 7 nitrogen and oxygen atoms in total. The largest absolute Gasteiger partial charge is 0.384 e. The lowest BCUT2D eigenvalue weighted by Gasteiger charge is -2.30. The number of nitrogens with one attached hydrogen (secondary N) is 2. The minimum absolute atomic E-state index is 0.265. The SMILES string of the molecule is Nc1[nH]nc2nc(NCC3CCCO3)c3c(c12)CCN(Cc1ccccc1)C3. The number of nitrogens with zero attached hydrogens (tertiary/aromatic N) is 3. The third-order valence-corrected chi connectivity index (χ3v) is 5.77. The van der Waals surface area contributed by atoms with E-state index < -0.39 is 0 Å². The number of benzene rings is 1. The fourth-order valence-corrected chi connectivity index (χ4v) is 4.35. The second kappa shape index (κ2) is 7.41. The lowest BCUT2D eigenvalue weighted by molar-refractivity contribution is 0.120. The van der Waals surface area contributed by atoms with E-state index in [9.17, 15) is 0 Å². The highest BCUT2D eigenvalue weighted by atomic mass is 16.5. The molecular weight excluding hydrogens is 352 g/mol. The second-order valence-electron chi connectivity index (χ2n) is 7.72. The maximum Gasteiger partial charge on any atom is 0.185 e. The van der Waals surface area contributed by atoms with Gasteiger partial charge < -0.3 is 15.8 Å². The van der Waals surface area contributed by atoms with Crippen LogP contribution in [0.1, 0.15) is 29.5 Å². The van der Waals surface area contributed by atoms with E-state index in [2.05, 4.69) is 50.7 Å². The number of rotatable bonds is 5. The quantitative estimate of drug-likeness (QED) is 0.632. The van der Waals surface area contributed by atoms with Gasteiger partial charge in [-0.3, -0.25) is 10.00 Å². The number of aromatic amines is 1. The summed E-state index contributed by atoms with van der Waals surface area (Å²) >= 11 is 0. The molecule has 4 N–H and O–H groups in total. The summed E-state index contributed by atoms with van der Waals surface area (Å²) in [4.78, 5) is 7.27. The molecule has 2 aliphatic rings. The lowest BCUT2D eigenvalue weighted by atomic mass is 9.97. The molecule has 1 atom stereocenters. The number of H-pyrrole nitrogens is 1. The first-order valence-corrected chi connectivity index (χ1v) is 10.0. The molecule has 2 aliphatic heterocycles. The Kier molecular flexibility index (Phi) is 4.62. The Bertz CT molecular complexity index is 964. The van der Waals surface area contributed by atoms with Crippen molar-refractivity contribution < 1.29 is 4.74 Å². The summed E-state index contributed by atoms with van der Waals surface area (Å²) in [6.45, 7) is 4.42. The fourth-order valence-electron chi connectivity index (χ4n) is 4.35. The summed E-state index contributed by atoms with van der Waals surface area (Å²) in [6.07, 6.45) is 3.45. The van der Waals surface area contributed by atoms with Gasteiger partial charge in [0.1, 0.15) is 11.6 Å². The smallest absolute Gasteiger partial charge is 0.185 e. The maximum atomic E-state index is 6.17. The third kappa shape index (κ3) is 3.31. The van der Waals surface area contributed by atoms with Crippen LogP contribution in [0, 0.1) is 0 Å². The van der Waals surface area contributed by atoms with E-state index in [1.54, 1.807) is 0 Å². The van der Waals surface area contributed by atoms with Gasteiger partial charge in [0.15, 0.2) is 5.65 Å². The first kappa shape index (κ1) is 17.5. The average Bonchev–Trinajstić information content (AvgIpc) is 3.37. The molecule has 146 valence electrons. The number of nitrogen functional groups attached to an aromatic ring is 1. The highest BCUT2D eigenvalue weighted by Gasteiger charge is 2.26. The van der Waals surface area contributed by atoms with Crippen LogP contribution in [0.3, 0.4) is 0 Å². The van der Waals surface area contributed by atoms with Crippen molar-refractivity contribution in [2.24, 2.45) is 0 Å². The molecule has 0 radical (unpaired) electrons. The van der Waals surface area contributed by atoms with Crippen molar-refractivity contribution in [2.45, 2.75) is 38.5 Å². The standard InChI is InChI=1S/C21H26N6O/c22-19-18-16-8-9-27(12-14-5-2-1-3-6-14)13-17(16)20(24-21(18)26-25-19)23-11-15-7-4-10-28-15/h1-3,5-6,15H,4,7-13H2,(H4,22,23,24,25,26). The number of aromatic nitrogens is 3. The van der Waals surface area contributed by atoms with Gasteiger partial charge in [-0.25, -0.2) is 4.98 Å². The minimum atomic E-state index is 0.265. The Morgan fingerprint density at radius 2 is 2.14 bits per heavy atom. The van der Waals surface area contributed by atoms with Gasteiger partial charge in [0.05, 0.1) is 11.5 Å². The Morgan fingerprint density at radius 1 is 1.25 bits per heavy atom. The van der Waals surface area contributed by atoms with Crippen LogP contribution >= 0.6 is 0 Å². The normalized spacial score (nSPS) is 19.8. The molecule has 1 fully saturated rings. The number of pyridine rings is 1. The van der Waals surface area contributed by atoms with Crippen molar-refractivity contribution in [2.75, 3.05) is 30.7 Å². The second-order valence-corrected chi connectivity index (χ2v) is 7.72. The molecule has 1 unspecified atom stereocenters. The number of ether oxygens (including phenoxy) is 1. The molecule has 1 aromatic carbocycles. The van der Waals surface area contributed by atoms with E-state index in [4.69, 9.17) is 15.5 Å². The monoisotopic (exact) mass is 378 g/mol. The summed E-state index contributed by atoms with van der Waals surface area (Å²) in [5, 5.41) is 11.7. The van der Waals surface area contributed by atoms with Gasteiger partial charge in [-0.2, -0.15) is 5.10 Å². The van der Waals surface area contributed by atoms with Crippen molar-refractivity contribution in [3.8, 4) is 0 Å². The van der Waals surface area contributed by atoms with Crippen LogP contribution in [-0.4, -0.2) is 45.9 Å². The highest BCUT2D eigenvalue weighted by molar-refractivity contribution is 5.92. The molecule has 3 aromatic rings. The van der Waals surface area contributed by atoms with E-state index >= 15 is 0 Å². The first-order valence-electron chi connectivity index (χ1n) is 10.0. The van der Waals surface area contributed by atoms with Crippen LogP contribution in [-0.2, 0) is 24.2 Å². The molecule has 28 heavy (non-hydrogen) atoms. The number of fused-ring (bicyclic) bond motifs is 3. The number of hydrogen-bond acceptors (Lipinski definition) is 6. The number of hydrogen-bond donors (Lipinski definition) is 3. The predicted molar refractivity (Wildman–Crippen MR) is 110 cm³/mol. The molecule has 0 amide bonds. The number of anilines is 2. The molecule has 1 saturated heterocycles. The van der Waals surface area contributed by atoms with Crippen LogP contribution in [0.4, 0.5) is 11.6 Å². The van der Waals surface area contributed by atoms with E-state index in [1.165, 1.54) is 16.7 Å². The minimum Gasteiger partial charge on any atom is -0.384 e. The van der Waals surface area contributed by atoms with Crippen LogP contribution in [0.15, 0.2) is 30.3 Å². The van der Waals surface area contributed by atoms with Crippen LogP contribution in [0.2, 0.25) is 0 Å². The van der Waals surface area contributed by atoms with Crippen molar-refractivity contribution in [3.63, 3.8) is 0 Å². The summed E-state index contributed by atoms with van der Waals surface area (Å²) in [7, 11) is 0. The van der Waals surface area contributed by atoms with Crippen molar-refractivity contribution >= 4 is 22.7 Å².